The highest BCUT2D eigenvalue weighted by atomic mass is 32.1. The molecule has 0 unspecified atom stereocenters. The Morgan fingerprint density at radius 3 is 3.00 bits per heavy atom. The molecule has 0 aromatic carbocycles. The van der Waals surface area contributed by atoms with Gasteiger partial charge in [-0.15, -0.1) is 16.4 Å². The highest BCUT2D eigenvalue weighted by molar-refractivity contribution is 7.09. The number of rotatable bonds is 4. The molecule has 2 aromatic rings. The number of piperidine rings is 1. The lowest BCUT2D eigenvalue weighted by Gasteiger charge is -2.22. The molecular formula is C13H17N5OS. The fraction of sp³-hybridized carbons (Fsp3) is 0.538. The van der Waals surface area contributed by atoms with Gasteiger partial charge in [0.15, 0.2) is 5.78 Å². The largest absolute Gasteiger partial charge is 0.317 e. The molecule has 1 aliphatic rings. The maximum Gasteiger partial charge on any atom is 0.191 e. The summed E-state index contributed by atoms with van der Waals surface area (Å²) in [5, 5.41) is 14.2. The van der Waals surface area contributed by atoms with Crippen LogP contribution >= 0.6 is 11.3 Å². The highest BCUT2D eigenvalue weighted by Gasteiger charge is 2.19. The lowest BCUT2D eigenvalue weighted by molar-refractivity contribution is 0.0988. The van der Waals surface area contributed by atoms with Crippen molar-refractivity contribution in [2.24, 2.45) is 0 Å². The summed E-state index contributed by atoms with van der Waals surface area (Å²) in [6.45, 7) is 3.91. The van der Waals surface area contributed by atoms with Gasteiger partial charge in [-0.3, -0.25) is 4.79 Å². The fourth-order valence-electron chi connectivity index (χ4n) is 2.37. The van der Waals surface area contributed by atoms with Crippen LogP contribution in [0, 0.1) is 6.92 Å². The fourth-order valence-corrected chi connectivity index (χ4v) is 3.14. The minimum Gasteiger partial charge on any atom is -0.317 e. The first-order valence-electron chi connectivity index (χ1n) is 6.79. The zero-order valence-electron chi connectivity index (χ0n) is 11.4. The lowest BCUT2D eigenvalue weighted by atomic mass is 10.1. The molecule has 0 atom stereocenters. The minimum atomic E-state index is -0.0143. The number of aryl methyl sites for hydroxylation is 1. The first kappa shape index (κ1) is 13.4. The van der Waals surface area contributed by atoms with Crippen molar-refractivity contribution >= 4 is 17.1 Å². The van der Waals surface area contributed by atoms with Gasteiger partial charge < -0.3 is 5.32 Å². The molecule has 1 fully saturated rings. The molecule has 0 amide bonds. The molecule has 3 rings (SSSR count). The third-order valence-corrected chi connectivity index (χ3v) is 4.42. The van der Waals surface area contributed by atoms with Gasteiger partial charge in [0.1, 0.15) is 10.7 Å². The third kappa shape index (κ3) is 2.94. The molecule has 7 heteroatoms. The van der Waals surface area contributed by atoms with Crippen LogP contribution in [0.5, 0.6) is 0 Å². The van der Waals surface area contributed by atoms with E-state index in [4.69, 9.17) is 0 Å². The number of carbonyl (C=O) groups excluding carboxylic acids is 1. The molecule has 6 nitrogen and oxygen atoms in total. The molecule has 20 heavy (non-hydrogen) atoms. The Bertz CT molecular complexity index is 599. The molecule has 1 aliphatic heterocycles. The van der Waals surface area contributed by atoms with Crippen molar-refractivity contribution in [1.29, 1.82) is 0 Å². The van der Waals surface area contributed by atoms with E-state index < -0.39 is 0 Å². The summed E-state index contributed by atoms with van der Waals surface area (Å²) in [5.41, 5.74) is 1.40. The second-order valence-electron chi connectivity index (χ2n) is 5.05. The molecule has 106 valence electrons. The van der Waals surface area contributed by atoms with Crippen molar-refractivity contribution in [1.82, 2.24) is 25.3 Å². The molecule has 0 radical (unpaired) electrons. The Hall–Kier alpha value is -1.60. The van der Waals surface area contributed by atoms with Crippen LogP contribution in [0.3, 0.4) is 0 Å². The minimum absolute atomic E-state index is 0.0143. The number of aromatic nitrogens is 4. The number of Topliss-reactive ketones (excluding diaryl/α,β-unsaturated/α-hetero) is 1. The maximum absolute atomic E-state index is 12.2. The van der Waals surface area contributed by atoms with E-state index in [9.17, 15) is 4.79 Å². The highest BCUT2D eigenvalue weighted by Crippen LogP contribution is 2.18. The van der Waals surface area contributed by atoms with Crippen molar-refractivity contribution in [3.8, 4) is 0 Å². The van der Waals surface area contributed by atoms with E-state index in [1.54, 1.807) is 6.20 Å². The molecular weight excluding hydrogens is 274 g/mol. The second-order valence-corrected chi connectivity index (χ2v) is 5.99. The first-order valence-corrected chi connectivity index (χ1v) is 7.67. The van der Waals surface area contributed by atoms with Crippen molar-refractivity contribution in [2.45, 2.75) is 32.2 Å². The first-order chi connectivity index (χ1) is 9.72. The summed E-state index contributed by atoms with van der Waals surface area (Å²) in [7, 11) is 0. The van der Waals surface area contributed by atoms with Crippen molar-refractivity contribution < 1.29 is 4.79 Å². The van der Waals surface area contributed by atoms with Gasteiger partial charge in [0.25, 0.3) is 0 Å². The van der Waals surface area contributed by atoms with E-state index in [1.807, 2.05) is 17.0 Å². The Kier molecular flexibility index (Phi) is 3.88. The van der Waals surface area contributed by atoms with Crippen LogP contribution in [0.2, 0.25) is 0 Å². The number of carbonyl (C=O) groups is 1. The number of thiazole rings is 1. The topological polar surface area (TPSA) is 72.7 Å². The summed E-state index contributed by atoms with van der Waals surface area (Å²) in [6.07, 6.45) is 4.15. The summed E-state index contributed by atoms with van der Waals surface area (Å²) < 4.78 is 1.83. The van der Waals surface area contributed by atoms with Crippen LogP contribution < -0.4 is 5.32 Å². The molecule has 1 saturated heterocycles. The Labute approximate surface area is 121 Å². The zero-order valence-corrected chi connectivity index (χ0v) is 12.2. The second kappa shape index (κ2) is 5.80. The summed E-state index contributed by atoms with van der Waals surface area (Å²) in [5.74, 6) is -0.0143. The van der Waals surface area contributed by atoms with E-state index in [1.165, 1.54) is 11.3 Å². The Balaban J connectivity index is 1.67. The van der Waals surface area contributed by atoms with Crippen molar-refractivity contribution in [3.63, 3.8) is 0 Å². The van der Waals surface area contributed by atoms with Gasteiger partial charge in [-0.05, 0) is 32.9 Å². The molecule has 2 aromatic heterocycles. The van der Waals surface area contributed by atoms with Gasteiger partial charge in [0.2, 0.25) is 0 Å². The van der Waals surface area contributed by atoms with Crippen molar-refractivity contribution in [3.05, 3.63) is 28.0 Å². The smallest absolute Gasteiger partial charge is 0.191 e. The summed E-state index contributed by atoms with van der Waals surface area (Å²) in [6, 6.07) is 0.354. The van der Waals surface area contributed by atoms with Gasteiger partial charge in [-0.1, -0.05) is 5.21 Å². The Morgan fingerprint density at radius 1 is 1.50 bits per heavy atom. The molecule has 0 spiro atoms. The molecule has 0 saturated carbocycles. The monoisotopic (exact) mass is 291 g/mol. The van der Waals surface area contributed by atoms with Crippen LogP contribution in [0.1, 0.15) is 40.1 Å². The molecule has 0 aliphatic carbocycles. The molecule has 0 bridgehead atoms. The van der Waals surface area contributed by atoms with E-state index in [2.05, 4.69) is 20.6 Å². The third-order valence-electron chi connectivity index (χ3n) is 3.46. The summed E-state index contributed by atoms with van der Waals surface area (Å²) in [4.78, 5) is 16.5. The van der Waals surface area contributed by atoms with Gasteiger partial charge >= 0.3 is 0 Å². The van der Waals surface area contributed by atoms with Crippen LogP contribution in [-0.2, 0) is 6.42 Å². The van der Waals surface area contributed by atoms with Gasteiger partial charge in [0.05, 0.1) is 18.7 Å². The van der Waals surface area contributed by atoms with Gasteiger partial charge in [-0.2, -0.15) is 0 Å². The number of ketones is 1. The van der Waals surface area contributed by atoms with Crippen molar-refractivity contribution in [2.75, 3.05) is 13.1 Å². The zero-order chi connectivity index (χ0) is 13.9. The molecule has 1 N–H and O–H groups in total. The number of nitrogens with one attached hydrogen (secondary N) is 1. The van der Waals surface area contributed by atoms with Crippen LogP contribution in [0.25, 0.3) is 0 Å². The van der Waals surface area contributed by atoms with Crippen LogP contribution in [0.4, 0.5) is 0 Å². The van der Waals surface area contributed by atoms with Crippen LogP contribution in [0.15, 0.2) is 11.6 Å². The number of hydrogen-bond donors (Lipinski definition) is 1. The van der Waals surface area contributed by atoms with Gasteiger partial charge in [-0.25, -0.2) is 9.67 Å². The average Bonchev–Trinajstić information content (AvgIpc) is 3.09. The van der Waals surface area contributed by atoms with Crippen LogP contribution in [-0.4, -0.2) is 38.9 Å². The van der Waals surface area contributed by atoms with E-state index in [0.717, 1.165) is 36.6 Å². The number of nitrogens with zero attached hydrogens (tertiary/aromatic N) is 4. The average molecular weight is 291 g/mol. The quantitative estimate of drug-likeness (QED) is 0.862. The van der Waals surface area contributed by atoms with E-state index >= 15 is 0 Å². The van der Waals surface area contributed by atoms with E-state index in [0.29, 0.717) is 18.2 Å². The van der Waals surface area contributed by atoms with Gasteiger partial charge in [0, 0.05) is 11.1 Å². The van der Waals surface area contributed by atoms with E-state index in [-0.39, 0.29) is 5.78 Å². The normalized spacial score (nSPS) is 16.4. The SMILES string of the molecule is Cc1csc(CC(=O)c2cn(C3CCNCC3)nn2)n1. The number of hydrogen-bond acceptors (Lipinski definition) is 6. The predicted octanol–water partition coefficient (Wildman–Crippen LogP) is 1.39. The molecule has 3 heterocycles. The Morgan fingerprint density at radius 2 is 2.30 bits per heavy atom. The predicted molar refractivity (Wildman–Crippen MR) is 76.0 cm³/mol. The lowest BCUT2D eigenvalue weighted by Crippen LogP contribution is -2.29. The summed E-state index contributed by atoms with van der Waals surface area (Å²) >= 11 is 1.51. The maximum atomic E-state index is 12.2. The standard InChI is InChI=1S/C13H17N5OS/c1-9-8-20-13(15-9)6-12(19)11-7-18(17-16-11)10-2-4-14-5-3-10/h7-8,10,14H,2-6H2,1H3.